The molecule has 2 aromatic carbocycles. The van der Waals surface area contributed by atoms with Gasteiger partial charge < -0.3 is 0 Å². The molecule has 0 amide bonds. The molecule has 6 heteroatoms. The number of hydrogen-bond acceptors (Lipinski definition) is 5. The lowest BCUT2D eigenvalue weighted by molar-refractivity contribution is 0.102. The van der Waals surface area contributed by atoms with E-state index < -0.39 is 0 Å². The van der Waals surface area contributed by atoms with Gasteiger partial charge in [-0.3, -0.25) is 4.79 Å². The predicted molar refractivity (Wildman–Crippen MR) is 99.5 cm³/mol. The fourth-order valence-electron chi connectivity index (χ4n) is 2.43. The summed E-state index contributed by atoms with van der Waals surface area (Å²) in [5.41, 5.74) is 5.24. The maximum atomic E-state index is 12.4. The Labute approximate surface area is 151 Å². The number of carbonyl (C=O) groups excluding carboxylic acids is 1. The zero-order valence-electron chi connectivity index (χ0n) is 14.6. The van der Waals surface area contributed by atoms with E-state index in [-0.39, 0.29) is 5.78 Å². The lowest BCUT2D eigenvalue weighted by atomic mass is 10.1. The molecule has 0 radical (unpaired) electrons. The third kappa shape index (κ3) is 3.96. The number of benzene rings is 2. The second kappa shape index (κ2) is 7.61. The first-order valence-electron chi connectivity index (χ1n) is 8.19. The summed E-state index contributed by atoms with van der Waals surface area (Å²) in [6, 6.07) is 13.8. The number of thioether (sulfide) groups is 1. The van der Waals surface area contributed by atoms with Gasteiger partial charge in [0, 0.05) is 5.56 Å². The Morgan fingerprint density at radius 1 is 1.08 bits per heavy atom. The van der Waals surface area contributed by atoms with Crippen LogP contribution in [0.5, 0.6) is 0 Å². The van der Waals surface area contributed by atoms with E-state index in [2.05, 4.69) is 36.3 Å². The number of tetrazole rings is 1. The molecule has 0 atom stereocenters. The Morgan fingerprint density at radius 3 is 2.52 bits per heavy atom. The van der Waals surface area contributed by atoms with E-state index in [0.717, 1.165) is 17.7 Å². The quantitative estimate of drug-likeness (QED) is 0.498. The number of nitrogens with zero attached hydrogens (tertiary/aromatic N) is 4. The number of rotatable bonds is 6. The minimum atomic E-state index is 0.0716. The molecule has 1 aromatic heterocycles. The standard InChI is InChI=1S/C19H20N4OS/c1-4-15-6-8-16(9-7-15)18(24)12-25-19-20-21-22-23(19)17-10-5-13(2)14(3)11-17/h5-11H,4,12H2,1-3H3. The fourth-order valence-corrected chi connectivity index (χ4v) is 3.21. The van der Waals surface area contributed by atoms with Gasteiger partial charge in [-0.25, -0.2) is 0 Å². The molecule has 0 spiro atoms. The monoisotopic (exact) mass is 352 g/mol. The molecule has 0 fully saturated rings. The third-order valence-corrected chi connectivity index (χ3v) is 5.11. The molecule has 3 rings (SSSR count). The average Bonchev–Trinajstić information content (AvgIpc) is 3.10. The second-order valence-electron chi connectivity index (χ2n) is 5.90. The van der Waals surface area contributed by atoms with Gasteiger partial charge in [-0.15, -0.1) is 5.10 Å². The molecule has 25 heavy (non-hydrogen) atoms. The van der Waals surface area contributed by atoms with Gasteiger partial charge in [0.2, 0.25) is 5.16 Å². The van der Waals surface area contributed by atoms with Gasteiger partial charge in [-0.1, -0.05) is 49.0 Å². The van der Waals surface area contributed by atoms with E-state index in [1.807, 2.05) is 42.5 Å². The molecule has 0 aliphatic heterocycles. The zero-order valence-corrected chi connectivity index (χ0v) is 15.4. The van der Waals surface area contributed by atoms with Gasteiger partial charge in [0.25, 0.3) is 0 Å². The van der Waals surface area contributed by atoms with Gasteiger partial charge in [-0.2, -0.15) is 4.68 Å². The molecule has 3 aromatic rings. The van der Waals surface area contributed by atoms with Crippen LogP contribution in [0.1, 0.15) is 34.0 Å². The van der Waals surface area contributed by atoms with Gasteiger partial charge in [-0.05, 0) is 59.5 Å². The molecule has 128 valence electrons. The summed E-state index contributed by atoms with van der Waals surface area (Å²) in [7, 11) is 0. The van der Waals surface area contributed by atoms with E-state index in [1.165, 1.54) is 28.5 Å². The lowest BCUT2D eigenvalue weighted by Crippen LogP contribution is -2.05. The number of Topliss-reactive ketones (excluding diaryl/α,β-unsaturated/α-hetero) is 1. The Kier molecular flexibility index (Phi) is 5.28. The van der Waals surface area contributed by atoms with E-state index in [4.69, 9.17) is 0 Å². The summed E-state index contributed by atoms with van der Waals surface area (Å²) in [6.45, 7) is 6.22. The maximum absolute atomic E-state index is 12.4. The van der Waals surface area contributed by atoms with Crippen molar-refractivity contribution in [3.63, 3.8) is 0 Å². The molecule has 0 unspecified atom stereocenters. The van der Waals surface area contributed by atoms with Crippen LogP contribution in [0.4, 0.5) is 0 Å². The highest BCUT2D eigenvalue weighted by Gasteiger charge is 2.13. The highest BCUT2D eigenvalue weighted by atomic mass is 32.2. The van der Waals surface area contributed by atoms with Crippen LogP contribution in [0.2, 0.25) is 0 Å². The maximum Gasteiger partial charge on any atom is 0.214 e. The Morgan fingerprint density at radius 2 is 1.84 bits per heavy atom. The second-order valence-corrected chi connectivity index (χ2v) is 6.85. The van der Waals surface area contributed by atoms with Crippen molar-refractivity contribution in [3.05, 3.63) is 64.7 Å². The average molecular weight is 352 g/mol. The summed E-state index contributed by atoms with van der Waals surface area (Å²) in [5.74, 6) is 0.374. The first-order valence-corrected chi connectivity index (χ1v) is 9.18. The molecule has 0 bridgehead atoms. The van der Waals surface area contributed by atoms with Crippen molar-refractivity contribution in [2.45, 2.75) is 32.3 Å². The highest BCUT2D eigenvalue weighted by molar-refractivity contribution is 7.99. The first kappa shape index (κ1) is 17.4. The van der Waals surface area contributed by atoms with Crippen LogP contribution in [0.25, 0.3) is 5.69 Å². The Hall–Kier alpha value is -2.47. The molecule has 0 saturated carbocycles. The van der Waals surface area contributed by atoms with Crippen LogP contribution in [-0.4, -0.2) is 31.7 Å². The topological polar surface area (TPSA) is 60.7 Å². The number of aromatic nitrogens is 4. The van der Waals surface area contributed by atoms with E-state index >= 15 is 0 Å². The smallest absolute Gasteiger partial charge is 0.214 e. The minimum Gasteiger partial charge on any atom is -0.293 e. The lowest BCUT2D eigenvalue weighted by Gasteiger charge is -2.07. The van der Waals surface area contributed by atoms with E-state index in [0.29, 0.717) is 10.9 Å². The summed E-state index contributed by atoms with van der Waals surface area (Å²) in [5, 5.41) is 12.5. The summed E-state index contributed by atoms with van der Waals surface area (Å²) in [4.78, 5) is 12.4. The summed E-state index contributed by atoms with van der Waals surface area (Å²) in [6.07, 6.45) is 0.966. The minimum absolute atomic E-state index is 0.0716. The molecule has 0 N–H and O–H groups in total. The fraction of sp³-hybridized carbons (Fsp3) is 0.263. The van der Waals surface area contributed by atoms with Crippen molar-refractivity contribution in [2.24, 2.45) is 0 Å². The Balaban J connectivity index is 1.72. The normalized spacial score (nSPS) is 10.8. The molecule has 0 aliphatic carbocycles. The van der Waals surface area contributed by atoms with Gasteiger partial charge >= 0.3 is 0 Å². The van der Waals surface area contributed by atoms with Crippen molar-refractivity contribution in [2.75, 3.05) is 5.75 Å². The Bertz CT molecular complexity index is 887. The largest absolute Gasteiger partial charge is 0.293 e. The summed E-state index contributed by atoms with van der Waals surface area (Å²) >= 11 is 1.35. The van der Waals surface area contributed by atoms with Crippen molar-refractivity contribution in [3.8, 4) is 5.69 Å². The molecule has 1 heterocycles. The number of hydrogen-bond donors (Lipinski definition) is 0. The number of carbonyl (C=O) groups is 1. The van der Waals surface area contributed by atoms with Crippen molar-refractivity contribution in [1.82, 2.24) is 20.2 Å². The first-order chi connectivity index (χ1) is 12.1. The van der Waals surface area contributed by atoms with Crippen molar-refractivity contribution >= 4 is 17.5 Å². The SMILES string of the molecule is CCc1ccc(C(=O)CSc2nnnn2-c2ccc(C)c(C)c2)cc1. The zero-order chi connectivity index (χ0) is 17.8. The third-order valence-electron chi connectivity index (χ3n) is 4.19. The molecule has 0 aliphatic rings. The highest BCUT2D eigenvalue weighted by Crippen LogP contribution is 2.21. The van der Waals surface area contributed by atoms with Crippen LogP contribution >= 0.6 is 11.8 Å². The van der Waals surface area contributed by atoms with Crippen molar-refractivity contribution < 1.29 is 4.79 Å². The van der Waals surface area contributed by atoms with Gasteiger partial charge in [0.15, 0.2) is 5.78 Å². The van der Waals surface area contributed by atoms with Crippen LogP contribution in [0, 0.1) is 13.8 Å². The molecule has 5 nitrogen and oxygen atoms in total. The molecule has 0 saturated heterocycles. The van der Waals surface area contributed by atoms with E-state index in [9.17, 15) is 4.79 Å². The molecular formula is C19H20N4OS. The summed E-state index contributed by atoms with van der Waals surface area (Å²) < 4.78 is 1.67. The van der Waals surface area contributed by atoms with Gasteiger partial charge in [0.05, 0.1) is 11.4 Å². The van der Waals surface area contributed by atoms with Crippen LogP contribution < -0.4 is 0 Å². The number of ketones is 1. The van der Waals surface area contributed by atoms with Crippen LogP contribution in [0.3, 0.4) is 0 Å². The number of aryl methyl sites for hydroxylation is 3. The van der Waals surface area contributed by atoms with E-state index in [1.54, 1.807) is 4.68 Å². The molecular weight excluding hydrogens is 332 g/mol. The van der Waals surface area contributed by atoms with Crippen molar-refractivity contribution in [1.29, 1.82) is 0 Å². The van der Waals surface area contributed by atoms with Crippen LogP contribution in [-0.2, 0) is 6.42 Å². The predicted octanol–water partition coefficient (Wildman–Crippen LogP) is 3.82. The van der Waals surface area contributed by atoms with Gasteiger partial charge in [0.1, 0.15) is 0 Å². The van der Waals surface area contributed by atoms with Crippen LogP contribution in [0.15, 0.2) is 47.6 Å².